The molecule has 3 aromatic rings. The predicted octanol–water partition coefficient (Wildman–Crippen LogP) is 5.90. The first-order valence-corrected chi connectivity index (χ1v) is 16.6. The van der Waals surface area contributed by atoms with Crippen molar-refractivity contribution < 1.29 is 28.5 Å². The highest BCUT2D eigenvalue weighted by molar-refractivity contribution is 6.04. The molecule has 4 heterocycles. The van der Waals surface area contributed by atoms with Crippen molar-refractivity contribution in [2.45, 2.75) is 44.7 Å². The summed E-state index contributed by atoms with van der Waals surface area (Å²) in [6.07, 6.45) is 5.06. The van der Waals surface area contributed by atoms with Crippen molar-refractivity contribution in [1.82, 2.24) is 14.7 Å². The quantitative estimate of drug-likeness (QED) is 0.247. The molecule has 0 unspecified atom stereocenters. The van der Waals surface area contributed by atoms with E-state index in [0.29, 0.717) is 78.0 Å². The molecule has 11 nitrogen and oxygen atoms in total. The summed E-state index contributed by atoms with van der Waals surface area (Å²) < 4.78 is 24.0. The van der Waals surface area contributed by atoms with Crippen molar-refractivity contribution in [1.29, 1.82) is 0 Å². The molecule has 4 aliphatic rings. The molecule has 4 aliphatic heterocycles. The summed E-state index contributed by atoms with van der Waals surface area (Å²) in [5.74, 6) is 1.71. The van der Waals surface area contributed by atoms with Gasteiger partial charge < -0.3 is 33.6 Å². The van der Waals surface area contributed by atoms with Gasteiger partial charge in [-0.05, 0) is 61.8 Å². The van der Waals surface area contributed by atoms with Crippen LogP contribution in [0.1, 0.15) is 50.2 Å². The Morgan fingerprint density at radius 2 is 1.12 bits per heavy atom. The molecular weight excluding hydrogens is 634 g/mol. The Bertz CT molecular complexity index is 1830. The van der Waals surface area contributed by atoms with Gasteiger partial charge in [-0.2, -0.15) is 0 Å². The number of methoxy groups -OCH3 is 2. The molecule has 258 valence electrons. The Morgan fingerprint density at radius 3 is 1.54 bits per heavy atom. The molecule has 7 rings (SSSR count). The summed E-state index contributed by atoms with van der Waals surface area (Å²) in [6, 6.07) is 13.0. The van der Waals surface area contributed by atoms with Crippen LogP contribution in [0.4, 0.5) is 11.4 Å². The summed E-state index contributed by atoms with van der Waals surface area (Å²) in [5.41, 5.74) is 7.04. The third-order valence-corrected chi connectivity index (χ3v) is 9.30. The Balaban J connectivity index is 1.12. The van der Waals surface area contributed by atoms with Crippen LogP contribution in [0.15, 0.2) is 76.8 Å². The maximum Gasteiger partial charge on any atom is 0.257 e. The fourth-order valence-corrected chi connectivity index (χ4v) is 6.99. The first-order chi connectivity index (χ1) is 24.1. The minimum Gasteiger partial charge on any atom is -0.493 e. The van der Waals surface area contributed by atoms with Crippen LogP contribution in [0, 0.1) is 0 Å². The summed E-state index contributed by atoms with van der Waals surface area (Å²) in [7, 11) is 7.16. The van der Waals surface area contributed by atoms with Gasteiger partial charge in [-0.1, -0.05) is 36.4 Å². The molecule has 50 heavy (non-hydrogen) atoms. The zero-order valence-electron chi connectivity index (χ0n) is 28.9. The van der Waals surface area contributed by atoms with Crippen molar-refractivity contribution in [2.75, 3.05) is 41.4 Å². The fraction of sp³-hybridized carbons (Fsp3) is 0.333. The van der Waals surface area contributed by atoms with Crippen LogP contribution in [-0.4, -0.2) is 92.4 Å². The second-order valence-electron chi connectivity index (χ2n) is 13.5. The average molecular weight is 676 g/mol. The standard InChI is InChI=1S/C39H41N5O6/c1-23-7-28-16-40-32-14-36(34(47-5)12-30(32)38(45)43(28)18-23)49-21-26-9-25(20-42(3)4)10-27(11-26)22-50-37-15-33-31(13-35(37)48-6)39(46)44-19-24(2)8-29(44)17-41-33/h9-17,28-29H,1-2,7-8,18-22H2,3-6H3/t28-,29+. The first kappa shape index (κ1) is 33.1. The van der Waals surface area contributed by atoms with Crippen LogP contribution in [0.3, 0.4) is 0 Å². The number of hydrogen-bond acceptors (Lipinski definition) is 9. The molecule has 0 aromatic heterocycles. The van der Waals surface area contributed by atoms with Gasteiger partial charge in [0.05, 0.1) is 48.8 Å². The second kappa shape index (κ2) is 13.5. The lowest BCUT2D eigenvalue weighted by atomic mass is 10.1. The lowest BCUT2D eigenvalue weighted by molar-refractivity contribution is 0.0769. The van der Waals surface area contributed by atoms with Gasteiger partial charge in [-0.25, -0.2) is 0 Å². The SMILES string of the molecule is C=C1C[C@H]2C=Nc3cc(OCc4cc(COc5cc6c(cc5OC)C(=O)N5CC(=C)C[C@@H]5C=N6)cc(CN(C)C)c4)c(OC)cc3C(=O)N2C1. The van der Waals surface area contributed by atoms with Gasteiger partial charge in [0.15, 0.2) is 23.0 Å². The van der Waals surface area contributed by atoms with Crippen LogP contribution < -0.4 is 18.9 Å². The van der Waals surface area contributed by atoms with E-state index in [0.717, 1.165) is 27.8 Å². The smallest absolute Gasteiger partial charge is 0.257 e. The largest absolute Gasteiger partial charge is 0.493 e. The van der Waals surface area contributed by atoms with E-state index < -0.39 is 0 Å². The maximum atomic E-state index is 13.4. The number of carbonyl (C=O) groups is 2. The van der Waals surface area contributed by atoms with Gasteiger partial charge in [-0.15, -0.1) is 0 Å². The van der Waals surface area contributed by atoms with E-state index in [1.165, 1.54) is 0 Å². The first-order valence-electron chi connectivity index (χ1n) is 16.6. The summed E-state index contributed by atoms with van der Waals surface area (Å²) in [6.45, 7) is 10.4. The maximum absolute atomic E-state index is 13.4. The van der Waals surface area contributed by atoms with E-state index in [9.17, 15) is 9.59 Å². The molecule has 11 heteroatoms. The summed E-state index contributed by atoms with van der Waals surface area (Å²) >= 11 is 0. The molecule has 2 amide bonds. The number of ether oxygens (including phenoxy) is 4. The number of aliphatic imine (C=N–C) groups is 2. The van der Waals surface area contributed by atoms with Crippen molar-refractivity contribution in [3.05, 3.63) is 94.6 Å². The van der Waals surface area contributed by atoms with Crippen LogP contribution >= 0.6 is 0 Å². The second-order valence-corrected chi connectivity index (χ2v) is 13.5. The lowest BCUT2D eigenvalue weighted by Gasteiger charge is -2.20. The van der Waals surface area contributed by atoms with Crippen LogP contribution in [0.2, 0.25) is 0 Å². The molecule has 0 radical (unpaired) electrons. The van der Waals surface area contributed by atoms with E-state index in [-0.39, 0.29) is 37.1 Å². The number of rotatable bonds is 10. The van der Waals surface area contributed by atoms with E-state index in [1.54, 1.807) is 48.3 Å². The molecule has 2 fully saturated rings. The van der Waals surface area contributed by atoms with Gasteiger partial charge in [-0.3, -0.25) is 19.6 Å². The Hall–Kier alpha value is -5.42. The van der Waals surface area contributed by atoms with E-state index in [1.807, 2.05) is 32.6 Å². The van der Waals surface area contributed by atoms with E-state index in [4.69, 9.17) is 18.9 Å². The third kappa shape index (κ3) is 6.48. The molecule has 2 saturated heterocycles. The third-order valence-electron chi connectivity index (χ3n) is 9.30. The lowest BCUT2D eigenvalue weighted by Crippen LogP contribution is -2.35. The molecule has 0 spiro atoms. The summed E-state index contributed by atoms with van der Waals surface area (Å²) in [5, 5.41) is 0. The van der Waals surface area contributed by atoms with Gasteiger partial charge in [0, 0.05) is 44.2 Å². The number of amides is 2. The highest BCUT2D eigenvalue weighted by Gasteiger charge is 2.35. The molecule has 0 aliphatic carbocycles. The summed E-state index contributed by atoms with van der Waals surface area (Å²) in [4.78, 5) is 41.8. The minimum absolute atomic E-state index is 0.0943. The number of hydrogen-bond donors (Lipinski definition) is 0. The minimum atomic E-state index is -0.0996. The fourth-order valence-electron chi connectivity index (χ4n) is 6.99. The molecule has 0 N–H and O–H groups in total. The Morgan fingerprint density at radius 1 is 0.680 bits per heavy atom. The highest BCUT2D eigenvalue weighted by Crippen LogP contribution is 2.40. The Kier molecular flexibility index (Phi) is 8.92. The van der Waals surface area contributed by atoms with Crippen LogP contribution in [0.5, 0.6) is 23.0 Å². The molecule has 3 aromatic carbocycles. The molecule has 0 saturated carbocycles. The van der Waals surface area contributed by atoms with Crippen molar-refractivity contribution in [3.8, 4) is 23.0 Å². The van der Waals surface area contributed by atoms with E-state index >= 15 is 0 Å². The highest BCUT2D eigenvalue weighted by atomic mass is 16.5. The topological polar surface area (TPSA) is 105 Å². The monoisotopic (exact) mass is 675 g/mol. The van der Waals surface area contributed by atoms with Gasteiger partial charge >= 0.3 is 0 Å². The molecular formula is C39H41N5O6. The predicted molar refractivity (Wildman–Crippen MR) is 192 cm³/mol. The zero-order chi connectivity index (χ0) is 35.1. The zero-order valence-corrected chi connectivity index (χ0v) is 28.9. The molecule has 0 bridgehead atoms. The number of fused-ring (bicyclic) bond motifs is 4. The number of carbonyl (C=O) groups excluding carboxylic acids is 2. The van der Waals surface area contributed by atoms with Gasteiger partial charge in [0.1, 0.15) is 13.2 Å². The van der Waals surface area contributed by atoms with Gasteiger partial charge in [0.2, 0.25) is 0 Å². The normalized spacial score (nSPS) is 19.2. The van der Waals surface area contributed by atoms with Crippen LogP contribution in [0.25, 0.3) is 0 Å². The molecule has 2 atom stereocenters. The van der Waals surface area contributed by atoms with Crippen molar-refractivity contribution >= 4 is 35.6 Å². The number of benzene rings is 3. The van der Waals surface area contributed by atoms with Crippen LogP contribution in [-0.2, 0) is 19.8 Å². The average Bonchev–Trinajstić information content (AvgIpc) is 3.60. The van der Waals surface area contributed by atoms with Crippen molar-refractivity contribution in [2.24, 2.45) is 9.98 Å². The number of nitrogens with zero attached hydrogens (tertiary/aromatic N) is 5. The van der Waals surface area contributed by atoms with Gasteiger partial charge in [0.25, 0.3) is 11.8 Å². The van der Waals surface area contributed by atoms with E-state index in [2.05, 4.69) is 40.2 Å². The Labute approximate surface area is 292 Å². The van der Waals surface area contributed by atoms with Crippen molar-refractivity contribution in [3.63, 3.8) is 0 Å².